The average molecular weight is 535 g/mol. The summed E-state index contributed by atoms with van der Waals surface area (Å²) < 4.78 is 5.37. The summed E-state index contributed by atoms with van der Waals surface area (Å²) >= 11 is 1.66. The molecule has 4 heterocycles. The largest absolute Gasteiger partial charge is 0.378 e. The van der Waals surface area contributed by atoms with Crippen LogP contribution >= 0.6 is 11.8 Å². The topological polar surface area (TPSA) is 99.3 Å². The third kappa shape index (κ3) is 3.69. The van der Waals surface area contributed by atoms with Crippen LogP contribution in [-0.4, -0.2) is 79.4 Å². The lowest BCUT2D eigenvalue weighted by molar-refractivity contribution is -0.136. The van der Waals surface area contributed by atoms with Gasteiger partial charge >= 0.3 is 0 Å². The van der Waals surface area contributed by atoms with Crippen molar-refractivity contribution < 1.29 is 23.9 Å². The Morgan fingerprint density at radius 3 is 2.47 bits per heavy atom. The first-order valence-electron chi connectivity index (χ1n) is 13.0. The molecule has 0 aromatic heterocycles. The van der Waals surface area contributed by atoms with Gasteiger partial charge in [-0.1, -0.05) is 36.4 Å². The van der Waals surface area contributed by atoms with Crippen molar-refractivity contribution in [2.75, 3.05) is 54.7 Å². The molecule has 0 aliphatic carbocycles. The highest BCUT2D eigenvalue weighted by molar-refractivity contribution is 7.98. The molecule has 4 aliphatic heterocycles. The molecule has 6 rings (SSSR count). The molecule has 198 valence electrons. The van der Waals surface area contributed by atoms with Crippen LogP contribution in [0.15, 0.2) is 54.6 Å². The molecule has 38 heavy (non-hydrogen) atoms. The second-order valence-corrected chi connectivity index (χ2v) is 11.1. The molecule has 10 heteroatoms. The number of nitrogens with zero attached hydrogens (tertiary/aromatic N) is 3. The monoisotopic (exact) mass is 534 g/mol. The van der Waals surface area contributed by atoms with Gasteiger partial charge in [0.15, 0.2) is 0 Å². The summed E-state index contributed by atoms with van der Waals surface area (Å²) in [4.78, 5) is 60.1. The van der Waals surface area contributed by atoms with E-state index < -0.39 is 17.4 Å². The van der Waals surface area contributed by atoms with Crippen LogP contribution in [0.2, 0.25) is 0 Å². The Labute approximate surface area is 225 Å². The van der Waals surface area contributed by atoms with Gasteiger partial charge in [0.25, 0.3) is 5.91 Å². The normalized spacial score (nSPS) is 28.4. The smallest absolute Gasteiger partial charge is 0.253 e. The standard InChI is InChI=1S/C28H30N4O5S/c1-38-16-11-20-23-24(26(35)32(25(23)34)18-7-3-2-4-8-18)28(29-20)19-9-5-6-10-21(19)31(27(28)36)17-22(33)30-12-14-37-15-13-30/h2-10,20,23-24,29H,11-17H2,1H3/t20-,23-,24-,28-/m0/s1. The molecule has 0 radical (unpaired) electrons. The fourth-order valence-electron chi connectivity index (χ4n) is 6.48. The zero-order valence-electron chi connectivity index (χ0n) is 21.2. The molecule has 9 nitrogen and oxygen atoms in total. The van der Waals surface area contributed by atoms with Crippen LogP contribution in [0.4, 0.5) is 11.4 Å². The number of anilines is 2. The predicted molar refractivity (Wildman–Crippen MR) is 144 cm³/mol. The van der Waals surface area contributed by atoms with E-state index in [4.69, 9.17) is 4.74 Å². The molecular formula is C28H30N4O5S. The molecular weight excluding hydrogens is 504 g/mol. The third-order valence-electron chi connectivity index (χ3n) is 8.17. The van der Waals surface area contributed by atoms with Gasteiger partial charge in [0.1, 0.15) is 12.1 Å². The van der Waals surface area contributed by atoms with Crippen LogP contribution in [0.5, 0.6) is 0 Å². The van der Waals surface area contributed by atoms with Crippen molar-refractivity contribution in [3.63, 3.8) is 0 Å². The highest BCUT2D eigenvalue weighted by Crippen LogP contribution is 2.55. The summed E-state index contributed by atoms with van der Waals surface area (Å²) in [6.45, 7) is 1.76. The van der Waals surface area contributed by atoms with E-state index >= 15 is 0 Å². The predicted octanol–water partition coefficient (Wildman–Crippen LogP) is 1.62. The van der Waals surface area contributed by atoms with E-state index in [9.17, 15) is 19.2 Å². The fraction of sp³-hybridized carbons (Fsp3) is 0.429. The van der Waals surface area contributed by atoms with Crippen LogP contribution < -0.4 is 15.1 Å². The van der Waals surface area contributed by atoms with Gasteiger partial charge in [-0.2, -0.15) is 11.8 Å². The minimum absolute atomic E-state index is 0.128. The number of carbonyl (C=O) groups excluding carboxylic acids is 4. The molecule has 0 saturated carbocycles. The molecule has 2 aromatic rings. The van der Waals surface area contributed by atoms with Gasteiger partial charge in [0, 0.05) is 30.4 Å². The number of para-hydroxylation sites is 2. The average Bonchev–Trinajstić information content (AvgIpc) is 3.52. The van der Waals surface area contributed by atoms with Crippen molar-refractivity contribution in [2.45, 2.75) is 18.0 Å². The molecule has 2 aromatic carbocycles. The number of morpholine rings is 1. The fourth-order valence-corrected chi connectivity index (χ4v) is 6.97. The summed E-state index contributed by atoms with van der Waals surface area (Å²) in [6, 6.07) is 15.9. The van der Waals surface area contributed by atoms with E-state index in [1.807, 2.05) is 36.6 Å². The lowest BCUT2D eigenvalue weighted by Crippen LogP contribution is -2.56. The van der Waals surface area contributed by atoms with Gasteiger partial charge in [0.2, 0.25) is 17.7 Å². The Kier molecular flexibility index (Phi) is 6.49. The van der Waals surface area contributed by atoms with Crippen molar-refractivity contribution in [1.82, 2.24) is 10.2 Å². The first-order valence-corrected chi connectivity index (χ1v) is 14.3. The number of thioether (sulfide) groups is 1. The number of hydrogen-bond donors (Lipinski definition) is 1. The molecule has 4 amide bonds. The van der Waals surface area contributed by atoms with E-state index in [0.717, 1.165) is 5.75 Å². The van der Waals surface area contributed by atoms with E-state index in [1.165, 1.54) is 9.80 Å². The molecule has 4 atom stereocenters. The van der Waals surface area contributed by atoms with Crippen molar-refractivity contribution in [3.05, 3.63) is 60.2 Å². The number of hydrogen-bond acceptors (Lipinski definition) is 7. The van der Waals surface area contributed by atoms with E-state index in [0.29, 0.717) is 49.7 Å². The summed E-state index contributed by atoms with van der Waals surface area (Å²) in [6.07, 6.45) is 2.63. The summed E-state index contributed by atoms with van der Waals surface area (Å²) in [5.41, 5.74) is 0.354. The number of amides is 4. The molecule has 1 N–H and O–H groups in total. The van der Waals surface area contributed by atoms with Crippen LogP contribution in [0.3, 0.4) is 0 Å². The second-order valence-electron chi connectivity index (χ2n) is 10.1. The van der Waals surface area contributed by atoms with Crippen molar-refractivity contribution >= 4 is 46.8 Å². The first-order chi connectivity index (χ1) is 18.5. The van der Waals surface area contributed by atoms with Crippen molar-refractivity contribution in [3.8, 4) is 0 Å². The zero-order valence-corrected chi connectivity index (χ0v) is 22.0. The van der Waals surface area contributed by atoms with Gasteiger partial charge in [0.05, 0.1) is 30.7 Å². The minimum Gasteiger partial charge on any atom is -0.378 e. The van der Waals surface area contributed by atoms with E-state index in [1.54, 1.807) is 40.9 Å². The lowest BCUT2D eigenvalue weighted by Gasteiger charge is -2.31. The summed E-state index contributed by atoms with van der Waals surface area (Å²) in [7, 11) is 0. The minimum atomic E-state index is -1.41. The molecule has 0 unspecified atom stereocenters. The van der Waals surface area contributed by atoms with Gasteiger partial charge in [-0.05, 0) is 36.6 Å². The van der Waals surface area contributed by atoms with E-state index in [2.05, 4.69) is 5.32 Å². The van der Waals surface area contributed by atoms with Crippen LogP contribution in [0.1, 0.15) is 12.0 Å². The molecule has 3 saturated heterocycles. The SMILES string of the molecule is CSCC[C@@H]1N[C@]2(C(=O)N(CC(=O)N3CCOCC3)c3ccccc32)[C@@H]2C(=O)N(c3ccccc3)C(=O)[C@@H]12. The maximum Gasteiger partial charge on any atom is 0.253 e. The van der Waals surface area contributed by atoms with Crippen LogP contribution in [0, 0.1) is 11.8 Å². The molecule has 0 bridgehead atoms. The Hall–Kier alpha value is -3.21. The second kappa shape index (κ2) is 9.83. The first kappa shape index (κ1) is 25.1. The highest BCUT2D eigenvalue weighted by atomic mass is 32.2. The molecule has 3 fully saturated rings. The van der Waals surface area contributed by atoms with Gasteiger partial charge < -0.3 is 14.5 Å². The Bertz CT molecular complexity index is 1280. The maximum atomic E-state index is 14.4. The van der Waals surface area contributed by atoms with Gasteiger partial charge in [-0.3, -0.25) is 24.5 Å². The lowest BCUT2D eigenvalue weighted by atomic mass is 9.76. The number of nitrogens with one attached hydrogen (secondary N) is 1. The van der Waals surface area contributed by atoms with Crippen LogP contribution in [-0.2, 0) is 29.5 Å². The van der Waals surface area contributed by atoms with E-state index in [-0.39, 0.29) is 36.2 Å². The number of imide groups is 1. The summed E-state index contributed by atoms with van der Waals surface area (Å²) in [5.74, 6) is -1.98. The number of fused-ring (bicyclic) bond motifs is 4. The quantitative estimate of drug-likeness (QED) is 0.563. The number of benzene rings is 2. The van der Waals surface area contributed by atoms with Gasteiger partial charge in [-0.25, -0.2) is 4.90 Å². The zero-order chi connectivity index (χ0) is 26.4. The number of carbonyl (C=O) groups is 4. The third-order valence-corrected chi connectivity index (χ3v) is 8.81. The number of rotatable bonds is 6. The number of ether oxygens (including phenoxy) is 1. The maximum absolute atomic E-state index is 14.4. The van der Waals surface area contributed by atoms with Crippen molar-refractivity contribution in [1.29, 1.82) is 0 Å². The van der Waals surface area contributed by atoms with Crippen molar-refractivity contribution in [2.24, 2.45) is 11.8 Å². The molecule has 1 spiro atoms. The Balaban J connectivity index is 1.42. The highest BCUT2D eigenvalue weighted by Gasteiger charge is 2.71. The summed E-state index contributed by atoms with van der Waals surface area (Å²) in [5, 5.41) is 3.51. The molecule has 4 aliphatic rings. The Morgan fingerprint density at radius 1 is 1.03 bits per heavy atom. The van der Waals surface area contributed by atoms with Crippen LogP contribution in [0.25, 0.3) is 0 Å². The Morgan fingerprint density at radius 2 is 1.74 bits per heavy atom. The van der Waals surface area contributed by atoms with Gasteiger partial charge in [-0.15, -0.1) is 0 Å².